The van der Waals surface area contributed by atoms with Crippen LogP contribution >= 0.6 is 8.25 Å². The zero-order valence-corrected chi connectivity index (χ0v) is 27.0. The first-order valence-electron chi connectivity index (χ1n) is 12.6. The van der Waals surface area contributed by atoms with Crippen molar-refractivity contribution in [3.05, 3.63) is 72.8 Å². The molecule has 0 spiro atoms. The van der Waals surface area contributed by atoms with Gasteiger partial charge < -0.3 is 40.9 Å². The highest BCUT2D eigenvalue weighted by molar-refractivity contribution is 7.86. The largest absolute Gasteiger partial charge is 0.494 e. The Morgan fingerprint density at radius 2 is 0.956 bits per heavy atom. The number of hydrogen-bond acceptors (Lipinski definition) is 11. The highest BCUT2D eigenvalue weighted by Gasteiger charge is 2.01. The minimum atomic E-state index is -3.92. The quantitative estimate of drug-likeness (QED) is 0.0325. The van der Waals surface area contributed by atoms with Gasteiger partial charge in [0.2, 0.25) is 0 Å². The van der Waals surface area contributed by atoms with Crippen molar-refractivity contribution in [1.82, 2.24) is 0 Å². The molecule has 20 heteroatoms. The van der Waals surface area contributed by atoms with Gasteiger partial charge in [-0.1, -0.05) is 0 Å². The van der Waals surface area contributed by atoms with Crippen molar-refractivity contribution in [2.45, 2.75) is 19.3 Å². The number of aliphatic hydroxyl groups is 2. The Bertz CT molecular complexity index is 1230. The molecule has 2 rings (SSSR count). The van der Waals surface area contributed by atoms with Crippen LogP contribution in [0.15, 0.2) is 61.7 Å². The maximum atomic E-state index is 9.63. The van der Waals surface area contributed by atoms with Gasteiger partial charge in [0, 0.05) is 11.1 Å². The summed E-state index contributed by atoms with van der Waals surface area (Å²) in [6.07, 6.45) is 2.90. The third-order valence-electron chi connectivity index (χ3n) is 4.36. The highest BCUT2D eigenvalue weighted by Crippen LogP contribution is 2.14. The van der Waals surface area contributed by atoms with Gasteiger partial charge in [-0.15, -0.1) is 13.2 Å². The molecular weight excluding hydrogens is 659 g/mol. The molecule has 0 aromatic heterocycles. The molecule has 0 unspecified atom stereocenters. The molecule has 258 valence electrons. The molecule has 0 amide bonds. The Kier molecular flexibility index (Phi) is 27.6. The number of ether oxygens (including phenoxy) is 2. The number of nitrogens with two attached hydrogens (primary N) is 2. The van der Waals surface area contributed by atoms with Crippen LogP contribution in [0.3, 0.4) is 0 Å². The molecule has 0 bridgehead atoms. The van der Waals surface area contributed by atoms with Crippen LogP contribution in [0.1, 0.15) is 30.4 Å². The average Bonchev–Trinajstić information content (AvgIpc) is 2.93. The third-order valence-corrected chi connectivity index (χ3v) is 5.75. The van der Waals surface area contributed by atoms with Crippen LogP contribution in [0.4, 0.5) is 0 Å². The normalized spacial score (nSPS) is 10.2. The van der Waals surface area contributed by atoms with Gasteiger partial charge in [-0.05, 0) is 67.8 Å². The van der Waals surface area contributed by atoms with Crippen molar-refractivity contribution < 1.29 is 60.0 Å². The average molecular weight is 703 g/mol. The van der Waals surface area contributed by atoms with E-state index in [1.807, 2.05) is 24.3 Å². The predicted octanol–water partition coefficient (Wildman–Crippen LogP) is 0.779. The van der Waals surface area contributed by atoms with E-state index in [1.54, 1.807) is 24.3 Å². The van der Waals surface area contributed by atoms with Crippen molar-refractivity contribution in [3.63, 3.8) is 0 Å². The van der Waals surface area contributed by atoms with Crippen LogP contribution in [-0.2, 0) is 24.8 Å². The number of benzene rings is 2. The van der Waals surface area contributed by atoms with Crippen molar-refractivity contribution in [3.8, 4) is 11.5 Å². The Balaban J connectivity index is -0.000000719. The lowest BCUT2D eigenvalue weighted by molar-refractivity contribution is 0.279. The van der Waals surface area contributed by atoms with E-state index in [0.717, 1.165) is 30.8 Å². The lowest BCUT2D eigenvalue weighted by Crippen LogP contribution is -2.10. The van der Waals surface area contributed by atoms with Gasteiger partial charge in [0.1, 0.15) is 23.2 Å². The molecule has 45 heavy (non-hydrogen) atoms. The summed E-state index contributed by atoms with van der Waals surface area (Å²) in [4.78, 5) is 14.3. The molecule has 0 aliphatic rings. The summed E-state index contributed by atoms with van der Waals surface area (Å²) in [5, 5.41) is 30.4. The molecule has 0 fully saturated rings. The number of hydrogen-bond donors (Lipinski definition) is 10. The fourth-order valence-electron chi connectivity index (χ4n) is 2.45. The molecule has 2 aromatic carbocycles. The number of nitrogen functional groups attached to an aromatic ring is 2. The van der Waals surface area contributed by atoms with Crippen molar-refractivity contribution in [2.75, 3.05) is 37.9 Å². The molecule has 0 atom stereocenters. The lowest BCUT2D eigenvalue weighted by atomic mass is 10.2. The van der Waals surface area contributed by atoms with E-state index in [2.05, 4.69) is 13.2 Å². The standard InChI is InChI=1S/C19H24N4O2.2C2H6O4S.C2H4.H3O3P/c20-18(21)14-4-8-16(9-5-14)24-12-2-1-3-13-25-17-10-6-15(7-11-17)19(22)23;2*3-1-2-7(4,5)6;1-2;1-4(2)3/h4-11H,1-3,12-13H2,(H3,20,21)(H3,22,23);2*3H,1-2H2,(H,4,5,6);1-2H2;4H,(H2,1,2,3). The molecular formula is C25H43N4O13PS2. The third kappa shape index (κ3) is 33.3. The van der Waals surface area contributed by atoms with Gasteiger partial charge in [-0.25, -0.2) is 0 Å². The van der Waals surface area contributed by atoms with E-state index >= 15 is 0 Å². The first kappa shape index (κ1) is 46.0. The predicted molar refractivity (Wildman–Crippen MR) is 171 cm³/mol. The molecule has 0 aliphatic heterocycles. The SMILES string of the molecule is C=C.N=C(N)c1ccc(OCCCCCOc2ccc(C(=N)N)cc2)cc1.O=S(=O)(O)CCO.O=S(=O)(O)CCO.O=[PH](O)O. The topological polar surface area (TPSA) is 325 Å². The number of aliphatic hydroxyl groups excluding tert-OH is 2. The van der Waals surface area contributed by atoms with Crippen molar-refractivity contribution >= 4 is 40.2 Å². The monoisotopic (exact) mass is 702 g/mol. The highest BCUT2D eigenvalue weighted by atomic mass is 32.2. The summed E-state index contributed by atoms with van der Waals surface area (Å²) < 4.78 is 74.2. The van der Waals surface area contributed by atoms with E-state index < -0.39 is 53.2 Å². The van der Waals surface area contributed by atoms with Gasteiger partial charge in [0.05, 0.1) is 37.9 Å². The molecule has 2 aromatic rings. The van der Waals surface area contributed by atoms with Crippen molar-refractivity contribution in [1.29, 1.82) is 10.8 Å². The van der Waals surface area contributed by atoms with E-state index in [9.17, 15) is 16.8 Å². The Morgan fingerprint density at radius 1 is 0.689 bits per heavy atom. The summed E-state index contributed by atoms with van der Waals surface area (Å²) in [5.41, 5.74) is 12.2. The second-order valence-electron chi connectivity index (χ2n) is 7.94. The van der Waals surface area contributed by atoms with Crippen LogP contribution < -0.4 is 20.9 Å². The van der Waals surface area contributed by atoms with E-state index in [4.69, 9.17) is 65.4 Å². The van der Waals surface area contributed by atoms with Crippen molar-refractivity contribution in [2.24, 2.45) is 11.5 Å². The maximum Gasteiger partial charge on any atom is 0.314 e. The first-order valence-corrected chi connectivity index (χ1v) is 17.1. The number of nitrogens with one attached hydrogen (secondary N) is 2. The Labute approximate surface area is 263 Å². The summed E-state index contributed by atoms with van der Waals surface area (Å²) in [5.74, 6) is 0.531. The molecule has 12 N–H and O–H groups in total. The summed E-state index contributed by atoms with van der Waals surface area (Å²) in [6.45, 7) is 6.23. The van der Waals surface area contributed by atoms with Gasteiger partial charge in [-0.3, -0.25) is 24.5 Å². The van der Waals surface area contributed by atoms with Crippen LogP contribution in [0.25, 0.3) is 0 Å². The fraction of sp³-hybridized carbons (Fsp3) is 0.360. The van der Waals surface area contributed by atoms with Crippen LogP contribution in [0.5, 0.6) is 11.5 Å². The zero-order chi connectivity index (χ0) is 35.5. The fourth-order valence-corrected chi connectivity index (χ4v) is 2.91. The second-order valence-corrected chi connectivity index (χ2v) is 11.6. The minimum Gasteiger partial charge on any atom is -0.494 e. The van der Waals surface area contributed by atoms with Gasteiger partial charge in [0.15, 0.2) is 0 Å². The van der Waals surface area contributed by atoms with E-state index in [1.165, 1.54) is 0 Å². The Hall–Kier alpha value is -3.39. The van der Waals surface area contributed by atoms with Gasteiger partial charge >= 0.3 is 8.25 Å². The van der Waals surface area contributed by atoms with Crippen LogP contribution in [0.2, 0.25) is 0 Å². The van der Waals surface area contributed by atoms with Gasteiger partial charge in [-0.2, -0.15) is 16.8 Å². The number of unbranched alkanes of at least 4 members (excludes halogenated alkanes) is 2. The molecule has 0 heterocycles. The molecule has 17 nitrogen and oxygen atoms in total. The summed E-state index contributed by atoms with van der Waals surface area (Å²) >= 11 is 0. The summed E-state index contributed by atoms with van der Waals surface area (Å²) in [6, 6.07) is 14.4. The summed E-state index contributed by atoms with van der Waals surface area (Å²) in [7, 11) is -11.0. The first-order chi connectivity index (χ1) is 20.9. The maximum absolute atomic E-state index is 9.63. The number of amidine groups is 2. The van der Waals surface area contributed by atoms with E-state index in [-0.39, 0.29) is 11.7 Å². The minimum absolute atomic E-state index is 0.0579. The van der Waals surface area contributed by atoms with Crippen LogP contribution in [0, 0.1) is 10.8 Å². The molecule has 0 saturated carbocycles. The molecule has 0 saturated heterocycles. The van der Waals surface area contributed by atoms with Crippen LogP contribution in [-0.4, -0.2) is 95.5 Å². The van der Waals surface area contributed by atoms with E-state index in [0.29, 0.717) is 24.3 Å². The smallest absolute Gasteiger partial charge is 0.314 e. The lowest BCUT2D eigenvalue weighted by Gasteiger charge is -2.08. The Morgan fingerprint density at radius 3 is 1.13 bits per heavy atom. The molecule has 0 radical (unpaired) electrons. The number of rotatable bonds is 14. The second kappa shape index (κ2) is 27.0. The zero-order valence-electron chi connectivity index (χ0n) is 24.4. The molecule has 0 aliphatic carbocycles. The van der Waals surface area contributed by atoms with Gasteiger partial charge in [0.25, 0.3) is 20.2 Å².